The second kappa shape index (κ2) is 7.53. The average molecular weight is 356 g/mol. The second-order valence-corrected chi connectivity index (χ2v) is 6.85. The summed E-state index contributed by atoms with van der Waals surface area (Å²) in [5, 5.41) is 14.2. The maximum atomic E-state index is 11.7. The molecule has 2 aromatic carbocycles. The molecule has 1 heterocycles. The van der Waals surface area contributed by atoms with E-state index in [2.05, 4.69) is 10.3 Å². The van der Waals surface area contributed by atoms with Crippen molar-refractivity contribution in [3.8, 4) is 5.75 Å². The summed E-state index contributed by atoms with van der Waals surface area (Å²) in [6.45, 7) is 3.99. The van der Waals surface area contributed by atoms with Crippen molar-refractivity contribution in [3.63, 3.8) is 0 Å². The van der Waals surface area contributed by atoms with E-state index in [1.807, 2.05) is 37.3 Å². The Labute approximate surface area is 150 Å². The number of aromatic hydroxyl groups is 1. The number of para-hydroxylation sites is 1. The van der Waals surface area contributed by atoms with Crippen LogP contribution in [0.4, 0.5) is 10.8 Å². The molecule has 2 N–H and O–H groups in total. The lowest BCUT2D eigenvalue weighted by Gasteiger charge is -2.12. The van der Waals surface area contributed by atoms with E-state index in [-0.39, 0.29) is 17.6 Å². The molecule has 0 spiro atoms. The number of benzene rings is 2. The molecule has 3 aromatic rings. The second-order valence-electron chi connectivity index (χ2n) is 5.82. The molecule has 0 saturated heterocycles. The van der Waals surface area contributed by atoms with Gasteiger partial charge in [-0.3, -0.25) is 4.79 Å². The fourth-order valence-electron chi connectivity index (χ4n) is 2.57. The van der Waals surface area contributed by atoms with Gasteiger partial charge in [0.2, 0.25) is 0 Å². The van der Waals surface area contributed by atoms with E-state index >= 15 is 0 Å². The third-order valence-electron chi connectivity index (χ3n) is 3.83. The molecule has 0 aliphatic rings. The number of hydrogen-bond donors (Lipinski definition) is 2. The molecule has 0 amide bonds. The molecule has 0 bridgehead atoms. The van der Waals surface area contributed by atoms with Crippen LogP contribution in [0, 0.1) is 5.92 Å². The van der Waals surface area contributed by atoms with Gasteiger partial charge < -0.3 is 15.2 Å². The number of rotatable bonds is 6. The zero-order valence-electron chi connectivity index (χ0n) is 14.2. The highest BCUT2D eigenvalue weighted by atomic mass is 32.1. The van der Waals surface area contributed by atoms with E-state index in [9.17, 15) is 9.90 Å². The van der Waals surface area contributed by atoms with Gasteiger partial charge in [-0.15, -0.1) is 0 Å². The number of hydrogen-bond acceptors (Lipinski definition) is 6. The molecule has 0 aliphatic heterocycles. The normalized spacial score (nSPS) is 12.1. The van der Waals surface area contributed by atoms with Gasteiger partial charge in [-0.1, -0.05) is 36.5 Å². The number of phenolic OH excluding ortho intramolecular Hbond substituents is 1. The zero-order valence-corrected chi connectivity index (χ0v) is 15.0. The summed E-state index contributed by atoms with van der Waals surface area (Å²) < 4.78 is 6.10. The number of anilines is 2. The number of ether oxygens (including phenoxy) is 1. The van der Waals surface area contributed by atoms with Crippen LogP contribution in [0.5, 0.6) is 5.75 Å². The molecule has 130 valence electrons. The van der Waals surface area contributed by atoms with E-state index in [1.165, 1.54) is 11.3 Å². The average Bonchev–Trinajstić information content (AvgIpc) is 3.00. The smallest absolute Gasteiger partial charge is 0.308 e. The summed E-state index contributed by atoms with van der Waals surface area (Å²) in [5.74, 6) is -0.339. The van der Waals surface area contributed by atoms with Gasteiger partial charge in [0.15, 0.2) is 5.13 Å². The van der Waals surface area contributed by atoms with Crippen molar-refractivity contribution in [3.05, 3.63) is 48.0 Å². The highest BCUT2D eigenvalue weighted by Crippen LogP contribution is 2.32. The molecule has 0 fully saturated rings. The lowest BCUT2D eigenvalue weighted by molar-refractivity contribution is -0.147. The fourth-order valence-corrected chi connectivity index (χ4v) is 3.45. The van der Waals surface area contributed by atoms with Crippen LogP contribution in [-0.4, -0.2) is 22.7 Å². The highest BCUT2D eigenvalue weighted by Gasteiger charge is 2.15. The summed E-state index contributed by atoms with van der Waals surface area (Å²) in [6.07, 6.45) is 0.522. The van der Waals surface area contributed by atoms with Gasteiger partial charge >= 0.3 is 5.97 Å². The first-order valence-corrected chi connectivity index (χ1v) is 8.99. The summed E-state index contributed by atoms with van der Waals surface area (Å²) in [5.41, 5.74) is 2.40. The molecule has 0 radical (unpaired) electrons. The van der Waals surface area contributed by atoms with Gasteiger partial charge in [0.25, 0.3) is 0 Å². The lowest BCUT2D eigenvalue weighted by Crippen LogP contribution is -2.16. The monoisotopic (exact) mass is 356 g/mol. The Morgan fingerprint density at radius 2 is 2.12 bits per heavy atom. The van der Waals surface area contributed by atoms with Gasteiger partial charge in [0, 0.05) is 0 Å². The zero-order chi connectivity index (χ0) is 17.8. The Bertz CT molecular complexity index is 858. The summed E-state index contributed by atoms with van der Waals surface area (Å²) in [6, 6.07) is 13.3. The number of aromatic nitrogens is 1. The predicted molar refractivity (Wildman–Crippen MR) is 101 cm³/mol. The first-order chi connectivity index (χ1) is 12.1. The molecule has 0 aliphatic carbocycles. The molecule has 0 saturated carbocycles. The van der Waals surface area contributed by atoms with E-state index < -0.39 is 0 Å². The summed E-state index contributed by atoms with van der Waals surface area (Å²) >= 11 is 1.53. The predicted octanol–water partition coefficient (Wildman–Crippen LogP) is 4.49. The van der Waals surface area contributed by atoms with Crippen molar-refractivity contribution in [2.45, 2.75) is 20.3 Å². The quantitative estimate of drug-likeness (QED) is 0.503. The molecular weight excluding hydrogens is 336 g/mol. The SMILES string of the molecule is CCOC(=O)C(C)Cc1ccc(Nc2nc3ccccc3s2)c(O)c1. The van der Waals surface area contributed by atoms with Crippen LogP contribution < -0.4 is 5.32 Å². The van der Waals surface area contributed by atoms with Crippen molar-refractivity contribution in [2.75, 3.05) is 11.9 Å². The molecule has 25 heavy (non-hydrogen) atoms. The van der Waals surface area contributed by atoms with Gasteiger partial charge in [-0.2, -0.15) is 0 Å². The van der Waals surface area contributed by atoms with Crippen molar-refractivity contribution in [2.24, 2.45) is 5.92 Å². The van der Waals surface area contributed by atoms with Crippen molar-refractivity contribution >= 4 is 38.3 Å². The molecule has 1 atom stereocenters. The Morgan fingerprint density at radius 1 is 1.32 bits per heavy atom. The van der Waals surface area contributed by atoms with Crippen LogP contribution in [0.25, 0.3) is 10.2 Å². The molecule has 3 rings (SSSR count). The largest absolute Gasteiger partial charge is 0.506 e. The van der Waals surface area contributed by atoms with Crippen LogP contribution in [-0.2, 0) is 16.0 Å². The van der Waals surface area contributed by atoms with Crippen LogP contribution in [0.15, 0.2) is 42.5 Å². The van der Waals surface area contributed by atoms with Crippen LogP contribution >= 0.6 is 11.3 Å². The third-order valence-corrected chi connectivity index (χ3v) is 4.78. The number of nitrogens with one attached hydrogen (secondary N) is 1. The number of esters is 1. The van der Waals surface area contributed by atoms with Gasteiger partial charge in [0.05, 0.1) is 28.4 Å². The lowest BCUT2D eigenvalue weighted by atomic mass is 10.0. The fraction of sp³-hybridized carbons (Fsp3) is 0.263. The number of thiazole rings is 1. The Morgan fingerprint density at radius 3 is 2.84 bits per heavy atom. The molecule has 1 unspecified atom stereocenters. The molecule has 1 aromatic heterocycles. The van der Waals surface area contributed by atoms with Crippen LogP contribution in [0.2, 0.25) is 0 Å². The minimum atomic E-state index is -0.248. The number of carbonyl (C=O) groups is 1. The Kier molecular flexibility index (Phi) is 5.19. The third kappa shape index (κ3) is 4.09. The highest BCUT2D eigenvalue weighted by molar-refractivity contribution is 7.22. The molecule has 5 nitrogen and oxygen atoms in total. The van der Waals surface area contributed by atoms with Crippen molar-refractivity contribution in [1.82, 2.24) is 4.98 Å². The van der Waals surface area contributed by atoms with Crippen molar-refractivity contribution < 1.29 is 14.6 Å². The van der Waals surface area contributed by atoms with Crippen LogP contribution in [0.1, 0.15) is 19.4 Å². The first kappa shape index (κ1) is 17.2. The van der Waals surface area contributed by atoms with E-state index in [1.54, 1.807) is 19.1 Å². The van der Waals surface area contributed by atoms with Crippen molar-refractivity contribution in [1.29, 1.82) is 0 Å². The number of nitrogens with zero attached hydrogens (tertiary/aromatic N) is 1. The van der Waals surface area contributed by atoms with Crippen LogP contribution in [0.3, 0.4) is 0 Å². The molecule has 6 heteroatoms. The number of carbonyl (C=O) groups excluding carboxylic acids is 1. The summed E-state index contributed by atoms with van der Waals surface area (Å²) in [7, 11) is 0. The Balaban J connectivity index is 1.72. The van der Waals surface area contributed by atoms with E-state index in [4.69, 9.17) is 4.74 Å². The minimum Gasteiger partial charge on any atom is -0.506 e. The van der Waals surface area contributed by atoms with Gasteiger partial charge in [0.1, 0.15) is 5.75 Å². The number of phenols is 1. The maximum absolute atomic E-state index is 11.7. The van der Waals surface area contributed by atoms with E-state index in [0.29, 0.717) is 18.7 Å². The Hall–Kier alpha value is -2.60. The minimum absolute atomic E-state index is 0.132. The standard InChI is InChI=1S/C19H20N2O3S/c1-3-24-18(23)12(2)10-13-8-9-14(16(22)11-13)20-19-21-15-6-4-5-7-17(15)25-19/h4-9,11-12,22H,3,10H2,1-2H3,(H,20,21). The topological polar surface area (TPSA) is 71.5 Å². The molecular formula is C19H20N2O3S. The van der Waals surface area contributed by atoms with Gasteiger partial charge in [-0.05, 0) is 43.2 Å². The number of fused-ring (bicyclic) bond motifs is 1. The van der Waals surface area contributed by atoms with E-state index in [0.717, 1.165) is 20.9 Å². The van der Waals surface area contributed by atoms with Gasteiger partial charge in [-0.25, -0.2) is 4.98 Å². The summed E-state index contributed by atoms with van der Waals surface area (Å²) in [4.78, 5) is 16.2. The maximum Gasteiger partial charge on any atom is 0.308 e. The first-order valence-electron chi connectivity index (χ1n) is 8.18.